The third-order valence-corrected chi connectivity index (χ3v) is 6.34. The number of aromatic nitrogens is 3. The number of hydrogen-bond donors (Lipinski definition) is 0. The van der Waals surface area contributed by atoms with Crippen molar-refractivity contribution in [2.45, 2.75) is 26.4 Å². The highest BCUT2D eigenvalue weighted by molar-refractivity contribution is 5.98. The molecular formula is C28H29F2N5O3. The van der Waals surface area contributed by atoms with Gasteiger partial charge in [-0.25, -0.2) is 23.2 Å². The lowest BCUT2D eigenvalue weighted by Crippen LogP contribution is -2.50. The highest BCUT2D eigenvalue weighted by Crippen LogP contribution is 2.36. The second kappa shape index (κ2) is 9.92. The first-order chi connectivity index (χ1) is 18.2. The topological polar surface area (TPSA) is 72.7 Å². The molecule has 5 rings (SSSR count). The number of halogens is 2. The van der Waals surface area contributed by atoms with Crippen molar-refractivity contribution < 1.29 is 23.0 Å². The maximum atomic E-state index is 14.7. The molecule has 0 saturated carbocycles. The first-order valence-electron chi connectivity index (χ1n) is 12.4. The summed E-state index contributed by atoms with van der Waals surface area (Å²) in [5.41, 5.74) is 1.90. The summed E-state index contributed by atoms with van der Waals surface area (Å²) in [5, 5.41) is 5.16. The molecule has 8 nitrogen and oxygen atoms in total. The van der Waals surface area contributed by atoms with Crippen LogP contribution in [0.4, 0.5) is 19.3 Å². The van der Waals surface area contributed by atoms with Crippen LogP contribution in [0.1, 0.15) is 20.8 Å². The molecule has 1 saturated heterocycles. The molecule has 3 heterocycles. The standard InChI is InChI=1S/C28H29F2N5O3/c1-28(2,3)38-27(36)34-16-14-33(15-17-34)19-10-8-18(9-11-19)24-23-22(12-13-31-26(23)37-4)35(32-24)25-20(29)6-5-7-21(25)30/h5-13H,14-17H2,1-4H3. The van der Waals surface area contributed by atoms with Gasteiger partial charge in [0.1, 0.15) is 17.0 Å². The molecule has 38 heavy (non-hydrogen) atoms. The number of anilines is 1. The highest BCUT2D eigenvalue weighted by atomic mass is 19.1. The summed E-state index contributed by atoms with van der Waals surface area (Å²) >= 11 is 0. The number of amides is 1. The van der Waals surface area contributed by atoms with Crippen molar-refractivity contribution in [1.29, 1.82) is 0 Å². The molecule has 0 spiro atoms. The van der Waals surface area contributed by atoms with Gasteiger partial charge in [0, 0.05) is 43.6 Å². The van der Waals surface area contributed by atoms with Crippen molar-refractivity contribution in [2.24, 2.45) is 0 Å². The number of benzene rings is 2. The largest absolute Gasteiger partial charge is 0.480 e. The van der Waals surface area contributed by atoms with Crippen molar-refractivity contribution >= 4 is 22.7 Å². The smallest absolute Gasteiger partial charge is 0.410 e. The van der Waals surface area contributed by atoms with E-state index in [9.17, 15) is 13.6 Å². The van der Waals surface area contributed by atoms with E-state index in [1.807, 2.05) is 45.0 Å². The van der Waals surface area contributed by atoms with Gasteiger partial charge in [-0.15, -0.1) is 0 Å². The number of rotatable bonds is 4. The molecular weight excluding hydrogens is 492 g/mol. The Morgan fingerprint density at radius 2 is 1.61 bits per heavy atom. The Hall–Kier alpha value is -4.21. The van der Waals surface area contributed by atoms with Crippen LogP contribution >= 0.6 is 0 Å². The van der Waals surface area contributed by atoms with Crippen molar-refractivity contribution in [3.63, 3.8) is 0 Å². The maximum absolute atomic E-state index is 14.7. The number of pyridine rings is 1. The molecule has 2 aromatic carbocycles. The van der Waals surface area contributed by atoms with Gasteiger partial charge < -0.3 is 19.3 Å². The Kier molecular flexibility index (Phi) is 6.64. The van der Waals surface area contributed by atoms with E-state index < -0.39 is 17.2 Å². The van der Waals surface area contributed by atoms with Gasteiger partial charge in [-0.05, 0) is 51.1 Å². The minimum absolute atomic E-state index is 0.267. The minimum atomic E-state index is -0.724. The molecule has 1 amide bonds. The predicted octanol–water partition coefficient (Wildman–Crippen LogP) is 5.43. The lowest BCUT2D eigenvalue weighted by atomic mass is 10.1. The normalized spacial score (nSPS) is 14.2. The van der Waals surface area contributed by atoms with Gasteiger partial charge in [0.2, 0.25) is 5.88 Å². The van der Waals surface area contributed by atoms with Crippen LogP contribution in [-0.4, -0.2) is 64.6 Å². The summed E-state index contributed by atoms with van der Waals surface area (Å²) in [6.45, 7) is 8.01. The zero-order valence-corrected chi connectivity index (χ0v) is 21.7. The molecule has 198 valence electrons. The van der Waals surface area contributed by atoms with E-state index in [1.165, 1.54) is 36.2 Å². The Bertz CT molecular complexity index is 1450. The SMILES string of the molecule is COc1nccc2c1c(-c1ccc(N3CCN(C(=O)OC(C)(C)C)CC3)cc1)nn2-c1c(F)cccc1F. The lowest BCUT2D eigenvalue weighted by molar-refractivity contribution is 0.0240. The van der Waals surface area contributed by atoms with Crippen molar-refractivity contribution in [2.75, 3.05) is 38.2 Å². The monoisotopic (exact) mass is 521 g/mol. The van der Waals surface area contributed by atoms with E-state index >= 15 is 0 Å². The third kappa shape index (κ3) is 4.85. The summed E-state index contributed by atoms with van der Waals surface area (Å²) in [7, 11) is 1.49. The average Bonchev–Trinajstić information content (AvgIpc) is 3.27. The zero-order valence-electron chi connectivity index (χ0n) is 21.7. The van der Waals surface area contributed by atoms with Gasteiger partial charge in [-0.1, -0.05) is 18.2 Å². The van der Waals surface area contributed by atoms with Crippen LogP contribution < -0.4 is 9.64 Å². The van der Waals surface area contributed by atoms with Crippen LogP contribution in [0.25, 0.3) is 27.8 Å². The first-order valence-corrected chi connectivity index (χ1v) is 12.4. The molecule has 0 unspecified atom stereocenters. The number of carbonyl (C=O) groups excluding carboxylic acids is 1. The van der Waals surface area contributed by atoms with Crippen LogP contribution in [0.3, 0.4) is 0 Å². The summed E-state index contributed by atoms with van der Waals surface area (Å²) in [6, 6.07) is 13.1. The van der Waals surface area contributed by atoms with Crippen LogP contribution in [-0.2, 0) is 4.74 Å². The number of carbonyl (C=O) groups is 1. The highest BCUT2D eigenvalue weighted by Gasteiger charge is 2.26. The van der Waals surface area contributed by atoms with Crippen molar-refractivity contribution in [1.82, 2.24) is 19.7 Å². The Balaban J connectivity index is 1.44. The van der Waals surface area contributed by atoms with E-state index in [0.717, 1.165) is 11.3 Å². The molecule has 0 atom stereocenters. The molecule has 1 aliphatic heterocycles. The Morgan fingerprint density at radius 1 is 0.947 bits per heavy atom. The molecule has 1 aliphatic rings. The predicted molar refractivity (Wildman–Crippen MR) is 141 cm³/mol. The molecule has 0 aliphatic carbocycles. The van der Waals surface area contributed by atoms with E-state index in [-0.39, 0.29) is 11.8 Å². The molecule has 4 aromatic rings. The van der Waals surface area contributed by atoms with Crippen molar-refractivity contribution in [3.8, 4) is 22.8 Å². The maximum Gasteiger partial charge on any atom is 0.410 e. The van der Waals surface area contributed by atoms with Gasteiger partial charge in [-0.2, -0.15) is 5.10 Å². The molecule has 0 bridgehead atoms. The first kappa shape index (κ1) is 25.4. The van der Waals surface area contributed by atoms with Gasteiger partial charge in [-0.3, -0.25) is 0 Å². The van der Waals surface area contributed by atoms with E-state index in [2.05, 4.69) is 15.0 Å². The second-order valence-electron chi connectivity index (χ2n) is 10.0. The minimum Gasteiger partial charge on any atom is -0.480 e. The molecule has 2 aromatic heterocycles. The number of ether oxygens (including phenoxy) is 2. The van der Waals surface area contributed by atoms with Crippen molar-refractivity contribution in [3.05, 3.63) is 66.4 Å². The summed E-state index contributed by atoms with van der Waals surface area (Å²) in [6.07, 6.45) is 1.21. The summed E-state index contributed by atoms with van der Waals surface area (Å²) in [5.74, 6) is -1.14. The van der Waals surface area contributed by atoms with Gasteiger partial charge in [0.15, 0.2) is 11.6 Å². The number of fused-ring (bicyclic) bond motifs is 1. The molecule has 10 heteroatoms. The van der Waals surface area contributed by atoms with Gasteiger partial charge >= 0.3 is 6.09 Å². The number of methoxy groups -OCH3 is 1. The number of hydrogen-bond acceptors (Lipinski definition) is 6. The molecule has 0 radical (unpaired) electrons. The van der Waals surface area contributed by atoms with E-state index in [4.69, 9.17) is 9.47 Å². The fourth-order valence-corrected chi connectivity index (χ4v) is 4.56. The lowest BCUT2D eigenvalue weighted by Gasteiger charge is -2.36. The van der Waals surface area contributed by atoms with E-state index in [0.29, 0.717) is 48.7 Å². The number of nitrogens with zero attached hydrogens (tertiary/aromatic N) is 5. The van der Waals surface area contributed by atoms with Crippen LogP contribution in [0.15, 0.2) is 54.7 Å². The van der Waals surface area contributed by atoms with E-state index in [1.54, 1.807) is 11.0 Å². The summed E-state index contributed by atoms with van der Waals surface area (Å²) < 4.78 is 41.6. The molecule has 0 N–H and O–H groups in total. The Labute approximate surface area is 219 Å². The fourth-order valence-electron chi connectivity index (χ4n) is 4.56. The van der Waals surface area contributed by atoms with Crippen LogP contribution in [0.2, 0.25) is 0 Å². The zero-order chi connectivity index (χ0) is 27.0. The number of para-hydroxylation sites is 1. The van der Waals surface area contributed by atoms with Crippen LogP contribution in [0, 0.1) is 11.6 Å². The number of piperazine rings is 1. The quantitative estimate of drug-likeness (QED) is 0.357. The second-order valence-corrected chi connectivity index (χ2v) is 10.0. The van der Waals surface area contributed by atoms with Crippen LogP contribution in [0.5, 0.6) is 5.88 Å². The fraction of sp³-hybridized carbons (Fsp3) is 0.321. The molecule has 1 fully saturated rings. The summed E-state index contributed by atoms with van der Waals surface area (Å²) in [4.78, 5) is 20.6. The van der Waals surface area contributed by atoms with Gasteiger partial charge in [0.05, 0.1) is 18.0 Å². The van der Waals surface area contributed by atoms with Gasteiger partial charge in [0.25, 0.3) is 0 Å². The third-order valence-electron chi connectivity index (χ3n) is 6.34. The Morgan fingerprint density at radius 3 is 2.21 bits per heavy atom. The average molecular weight is 522 g/mol.